The molecule has 0 N–H and O–H groups in total. The SMILES string of the molecule is CCC(C=O)=Cc1sc(N2CCCCC2)nc1C. The molecule has 1 saturated heterocycles. The lowest BCUT2D eigenvalue weighted by atomic mass is 10.1. The van der Waals surface area contributed by atoms with Crippen LogP contribution in [0.4, 0.5) is 5.13 Å². The molecule has 2 rings (SSSR count). The Morgan fingerprint density at radius 2 is 2.11 bits per heavy atom. The third-order valence-electron chi connectivity index (χ3n) is 3.32. The Morgan fingerprint density at radius 1 is 1.39 bits per heavy atom. The van der Waals surface area contributed by atoms with Gasteiger partial charge in [0.15, 0.2) is 5.13 Å². The summed E-state index contributed by atoms with van der Waals surface area (Å²) in [5.74, 6) is 0. The molecule has 1 aromatic heterocycles. The van der Waals surface area contributed by atoms with E-state index in [-0.39, 0.29) is 0 Å². The zero-order valence-electron chi connectivity index (χ0n) is 11.1. The van der Waals surface area contributed by atoms with Gasteiger partial charge in [-0.1, -0.05) is 18.3 Å². The van der Waals surface area contributed by atoms with Crippen LogP contribution in [0.3, 0.4) is 0 Å². The van der Waals surface area contributed by atoms with Crippen LogP contribution in [0.2, 0.25) is 0 Å². The first-order valence-corrected chi connectivity index (χ1v) is 7.44. The maximum absolute atomic E-state index is 10.9. The lowest BCUT2D eigenvalue weighted by Gasteiger charge is -2.25. The molecule has 0 bridgehead atoms. The Morgan fingerprint density at radius 3 is 2.72 bits per heavy atom. The molecule has 0 amide bonds. The normalized spacial score (nSPS) is 17.0. The number of hydrogen-bond acceptors (Lipinski definition) is 4. The monoisotopic (exact) mass is 264 g/mol. The first kappa shape index (κ1) is 13.3. The van der Waals surface area contributed by atoms with Crippen LogP contribution in [-0.2, 0) is 4.79 Å². The van der Waals surface area contributed by atoms with E-state index >= 15 is 0 Å². The van der Waals surface area contributed by atoms with E-state index in [4.69, 9.17) is 0 Å². The number of hydrogen-bond donors (Lipinski definition) is 0. The molecule has 2 heterocycles. The average molecular weight is 264 g/mol. The van der Waals surface area contributed by atoms with Crippen molar-refractivity contribution in [2.24, 2.45) is 0 Å². The average Bonchev–Trinajstić information content (AvgIpc) is 2.78. The number of allylic oxidation sites excluding steroid dienone is 1. The number of carbonyl (C=O) groups is 1. The largest absolute Gasteiger partial charge is 0.348 e. The molecule has 0 aromatic carbocycles. The minimum atomic E-state index is 0.778. The van der Waals surface area contributed by atoms with Crippen LogP contribution in [0.25, 0.3) is 6.08 Å². The summed E-state index contributed by atoms with van der Waals surface area (Å²) in [6, 6.07) is 0. The number of aromatic nitrogens is 1. The summed E-state index contributed by atoms with van der Waals surface area (Å²) in [4.78, 5) is 19.0. The van der Waals surface area contributed by atoms with Crippen molar-refractivity contribution < 1.29 is 4.79 Å². The Hall–Kier alpha value is -1.16. The minimum absolute atomic E-state index is 0.778. The molecular formula is C14H20N2OS. The predicted molar refractivity (Wildman–Crippen MR) is 77.2 cm³/mol. The fourth-order valence-corrected chi connectivity index (χ4v) is 3.23. The molecule has 0 saturated carbocycles. The Kier molecular flexibility index (Phi) is 4.53. The van der Waals surface area contributed by atoms with Gasteiger partial charge >= 0.3 is 0 Å². The lowest BCUT2D eigenvalue weighted by Crippen LogP contribution is -2.29. The molecule has 0 unspecified atom stereocenters. The van der Waals surface area contributed by atoms with Gasteiger partial charge in [0, 0.05) is 13.1 Å². The summed E-state index contributed by atoms with van der Waals surface area (Å²) in [6.07, 6.45) is 7.56. The number of nitrogens with zero attached hydrogens (tertiary/aromatic N) is 2. The van der Waals surface area contributed by atoms with E-state index in [2.05, 4.69) is 9.88 Å². The van der Waals surface area contributed by atoms with Crippen LogP contribution in [0, 0.1) is 6.92 Å². The highest BCUT2D eigenvalue weighted by molar-refractivity contribution is 7.16. The number of aldehydes is 1. The van der Waals surface area contributed by atoms with Gasteiger partial charge in [-0.25, -0.2) is 4.98 Å². The van der Waals surface area contributed by atoms with Crippen molar-refractivity contribution in [3.05, 3.63) is 16.1 Å². The maximum Gasteiger partial charge on any atom is 0.186 e. The second-order valence-electron chi connectivity index (χ2n) is 4.68. The van der Waals surface area contributed by atoms with Gasteiger partial charge in [-0.2, -0.15) is 0 Å². The summed E-state index contributed by atoms with van der Waals surface area (Å²) in [5, 5.41) is 1.11. The summed E-state index contributed by atoms with van der Waals surface area (Å²) >= 11 is 1.70. The van der Waals surface area contributed by atoms with Crippen LogP contribution in [0.5, 0.6) is 0 Å². The van der Waals surface area contributed by atoms with Gasteiger partial charge in [-0.15, -0.1) is 0 Å². The van der Waals surface area contributed by atoms with Gasteiger partial charge in [0.2, 0.25) is 0 Å². The van der Waals surface area contributed by atoms with Crippen LogP contribution in [-0.4, -0.2) is 24.4 Å². The number of aryl methyl sites for hydroxylation is 1. The van der Waals surface area contributed by atoms with Crippen molar-refractivity contribution in [3.63, 3.8) is 0 Å². The molecule has 1 aliphatic rings. The Bertz CT molecular complexity index is 445. The molecule has 0 radical (unpaired) electrons. The second kappa shape index (κ2) is 6.14. The highest BCUT2D eigenvalue weighted by atomic mass is 32.1. The van der Waals surface area contributed by atoms with Crippen LogP contribution in [0.15, 0.2) is 5.57 Å². The molecular weight excluding hydrogens is 244 g/mol. The van der Waals surface area contributed by atoms with Gasteiger partial charge in [0.1, 0.15) is 6.29 Å². The van der Waals surface area contributed by atoms with E-state index in [9.17, 15) is 4.79 Å². The number of carbonyl (C=O) groups excluding carboxylic acids is 1. The summed E-state index contributed by atoms with van der Waals surface area (Å²) < 4.78 is 0. The summed E-state index contributed by atoms with van der Waals surface area (Å²) in [6.45, 7) is 6.25. The standard InChI is InChI=1S/C14H20N2OS/c1-3-12(10-17)9-13-11(2)15-14(18-13)16-7-5-4-6-8-16/h9-10H,3-8H2,1-2H3. The van der Waals surface area contributed by atoms with Crippen molar-refractivity contribution in [2.75, 3.05) is 18.0 Å². The number of anilines is 1. The fraction of sp³-hybridized carbons (Fsp3) is 0.571. The molecule has 98 valence electrons. The van der Waals surface area contributed by atoms with Crippen molar-refractivity contribution in [1.29, 1.82) is 0 Å². The van der Waals surface area contributed by atoms with E-state index < -0.39 is 0 Å². The van der Waals surface area contributed by atoms with E-state index in [1.165, 1.54) is 19.3 Å². The third kappa shape index (κ3) is 2.99. The molecule has 0 atom stereocenters. The number of piperidine rings is 1. The zero-order chi connectivity index (χ0) is 13.0. The molecule has 4 heteroatoms. The van der Waals surface area contributed by atoms with Gasteiger partial charge in [-0.05, 0) is 44.3 Å². The van der Waals surface area contributed by atoms with E-state index in [0.717, 1.165) is 47.1 Å². The van der Waals surface area contributed by atoms with E-state index in [0.29, 0.717) is 0 Å². The Balaban J connectivity index is 2.20. The smallest absolute Gasteiger partial charge is 0.186 e. The fourth-order valence-electron chi connectivity index (χ4n) is 2.14. The van der Waals surface area contributed by atoms with Gasteiger partial charge < -0.3 is 4.90 Å². The Labute approximate surface area is 113 Å². The predicted octanol–water partition coefficient (Wildman–Crippen LogP) is 3.43. The minimum Gasteiger partial charge on any atom is -0.348 e. The molecule has 18 heavy (non-hydrogen) atoms. The van der Waals surface area contributed by atoms with Gasteiger partial charge in [-0.3, -0.25) is 4.79 Å². The first-order chi connectivity index (χ1) is 8.74. The highest BCUT2D eigenvalue weighted by Gasteiger charge is 2.15. The first-order valence-electron chi connectivity index (χ1n) is 6.62. The van der Waals surface area contributed by atoms with Crippen molar-refractivity contribution in [1.82, 2.24) is 4.98 Å². The molecule has 0 aliphatic carbocycles. The third-order valence-corrected chi connectivity index (χ3v) is 4.49. The molecule has 3 nitrogen and oxygen atoms in total. The summed E-state index contributed by atoms with van der Waals surface area (Å²) in [5.41, 5.74) is 1.88. The van der Waals surface area contributed by atoms with Gasteiger partial charge in [0.05, 0.1) is 10.6 Å². The molecule has 0 spiro atoms. The quantitative estimate of drug-likeness (QED) is 0.617. The van der Waals surface area contributed by atoms with Crippen molar-refractivity contribution in [2.45, 2.75) is 39.5 Å². The highest BCUT2D eigenvalue weighted by Crippen LogP contribution is 2.29. The molecule has 1 aliphatic heterocycles. The lowest BCUT2D eigenvalue weighted by molar-refractivity contribution is -0.104. The topological polar surface area (TPSA) is 33.2 Å². The zero-order valence-corrected chi connectivity index (χ0v) is 11.9. The number of rotatable bonds is 4. The van der Waals surface area contributed by atoms with E-state index in [1.807, 2.05) is 19.9 Å². The maximum atomic E-state index is 10.9. The van der Waals surface area contributed by atoms with Crippen LogP contribution < -0.4 is 4.90 Å². The van der Waals surface area contributed by atoms with Crippen molar-refractivity contribution in [3.8, 4) is 0 Å². The van der Waals surface area contributed by atoms with E-state index in [1.54, 1.807) is 11.3 Å². The van der Waals surface area contributed by atoms with Gasteiger partial charge in [0.25, 0.3) is 0 Å². The van der Waals surface area contributed by atoms with Crippen LogP contribution >= 0.6 is 11.3 Å². The number of thiazole rings is 1. The second-order valence-corrected chi connectivity index (χ2v) is 5.69. The van der Waals surface area contributed by atoms with Crippen LogP contribution in [0.1, 0.15) is 43.2 Å². The summed E-state index contributed by atoms with van der Waals surface area (Å²) in [7, 11) is 0. The van der Waals surface area contributed by atoms with Crippen molar-refractivity contribution >= 4 is 28.8 Å². The molecule has 1 fully saturated rings. The molecule has 1 aromatic rings.